The molecule has 0 aromatic heterocycles. The number of hydrogen-bond acceptors (Lipinski definition) is 2. The molecule has 4 heteroatoms. The zero-order valence-electron chi connectivity index (χ0n) is 10.6. The summed E-state index contributed by atoms with van der Waals surface area (Å²) >= 11 is 5.88. The summed E-state index contributed by atoms with van der Waals surface area (Å²) in [5, 5.41) is 0.652. The maximum absolute atomic E-state index is 13.7. The van der Waals surface area contributed by atoms with Gasteiger partial charge in [-0.25, -0.2) is 4.39 Å². The second kappa shape index (κ2) is 6.04. The van der Waals surface area contributed by atoms with Crippen LogP contribution in [0.3, 0.4) is 0 Å². The summed E-state index contributed by atoms with van der Waals surface area (Å²) in [6.45, 7) is 2.09. The summed E-state index contributed by atoms with van der Waals surface area (Å²) in [4.78, 5) is 0. The lowest BCUT2D eigenvalue weighted by Gasteiger charge is -2.10. The first-order valence-electron chi connectivity index (χ1n) is 5.98. The molecule has 2 N–H and O–H groups in total. The summed E-state index contributed by atoms with van der Waals surface area (Å²) in [6.07, 6.45) is 0. The van der Waals surface area contributed by atoms with Gasteiger partial charge in [0.05, 0.1) is 0 Å². The quantitative estimate of drug-likeness (QED) is 0.915. The molecular formula is C15H15ClFNO. The first kappa shape index (κ1) is 13.8. The van der Waals surface area contributed by atoms with E-state index in [0.29, 0.717) is 22.9 Å². The van der Waals surface area contributed by atoms with Crippen LogP contribution in [-0.4, -0.2) is 0 Å². The van der Waals surface area contributed by atoms with E-state index < -0.39 is 0 Å². The van der Waals surface area contributed by atoms with Gasteiger partial charge in [0.1, 0.15) is 18.2 Å². The largest absolute Gasteiger partial charge is 0.489 e. The summed E-state index contributed by atoms with van der Waals surface area (Å²) in [7, 11) is 0. The highest BCUT2D eigenvalue weighted by Crippen LogP contribution is 2.21. The molecule has 0 spiro atoms. The third-order valence-electron chi connectivity index (χ3n) is 2.76. The fourth-order valence-corrected chi connectivity index (χ4v) is 1.97. The van der Waals surface area contributed by atoms with Gasteiger partial charge >= 0.3 is 0 Å². The van der Waals surface area contributed by atoms with Gasteiger partial charge in [-0.2, -0.15) is 0 Å². The fraction of sp³-hybridized carbons (Fsp3) is 0.200. The van der Waals surface area contributed by atoms with Gasteiger partial charge in [0.15, 0.2) is 0 Å². The molecule has 0 aliphatic rings. The van der Waals surface area contributed by atoms with Gasteiger partial charge in [-0.05, 0) is 30.7 Å². The predicted octanol–water partition coefficient (Wildman–Crippen LogP) is 4.08. The van der Waals surface area contributed by atoms with Crippen LogP contribution in [0.15, 0.2) is 42.5 Å². The molecule has 0 aliphatic heterocycles. The first-order valence-corrected chi connectivity index (χ1v) is 6.36. The summed E-state index contributed by atoms with van der Waals surface area (Å²) in [5.41, 5.74) is 7.07. The predicted molar refractivity (Wildman–Crippen MR) is 74.8 cm³/mol. The minimum Gasteiger partial charge on any atom is -0.489 e. The van der Waals surface area contributed by atoms with Crippen molar-refractivity contribution in [2.75, 3.05) is 0 Å². The van der Waals surface area contributed by atoms with Crippen molar-refractivity contribution >= 4 is 11.6 Å². The van der Waals surface area contributed by atoms with Crippen molar-refractivity contribution in [2.24, 2.45) is 5.73 Å². The Morgan fingerprint density at radius 2 is 2.05 bits per heavy atom. The van der Waals surface area contributed by atoms with Gasteiger partial charge in [0.25, 0.3) is 0 Å². The van der Waals surface area contributed by atoms with E-state index in [0.717, 1.165) is 5.56 Å². The monoisotopic (exact) mass is 279 g/mol. The Bertz CT molecular complexity index is 572. The summed E-state index contributed by atoms with van der Waals surface area (Å²) in [5.74, 6) is 0.125. The SMILES string of the molecule is C[C@H](N)c1ccc(OCc2cccc(Cl)c2)cc1F. The van der Waals surface area contributed by atoms with Crippen molar-refractivity contribution in [1.29, 1.82) is 0 Å². The minimum absolute atomic E-state index is 0.332. The van der Waals surface area contributed by atoms with Crippen LogP contribution in [0.5, 0.6) is 5.75 Å². The molecule has 0 amide bonds. The second-order valence-electron chi connectivity index (χ2n) is 4.39. The molecule has 19 heavy (non-hydrogen) atoms. The topological polar surface area (TPSA) is 35.2 Å². The average Bonchev–Trinajstić information content (AvgIpc) is 2.36. The van der Waals surface area contributed by atoms with Crippen molar-refractivity contribution in [3.05, 3.63) is 64.4 Å². The van der Waals surface area contributed by atoms with Gasteiger partial charge < -0.3 is 10.5 Å². The minimum atomic E-state index is -0.349. The number of benzene rings is 2. The van der Waals surface area contributed by atoms with Crippen LogP contribution in [0.4, 0.5) is 4.39 Å². The van der Waals surface area contributed by atoms with Gasteiger partial charge in [-0.1, -0.05) is 29.8 Å². The lowest BCUT2D eigenvalue weighted by molar-refractivity contribution is 0.304. The van der Waals surface area contributed by atoms with E-state index in [1.165, 1.54) is 6.07 Å². The Hall–Kier alpha value is -1.58. The number of rotatable bonds is 4. The molecule has 2 aromatic carbocycles. The molecule has 0 unspecified atom stereocenters. The summed E-state index contributed by atoms with van der Waals surface area (Å²) in [6, 6.07) is 11.7. The lowest BCUT2D eigenvalue weighted by atomic mass is 10.1. The van der Waals surface area contributed by atoms with Gasteiger partial charge in [0.2, 0.25) is 0 Å². The highest BCUT2D eigenvalue weighted by atomic mass is 35.5. The molecule has 2 aromatic rings. The molecule has 0 saturated heterocycles. The Morgan fingerprint density at radius 3 is 2.68 bits per heavy atom. The van der Waals surface area contributed by atoms with Crippen molar-refractivity contribution in [1.82, 2.24) is 0 Å². The normalized spacial score (nSPS) is 12.2. The molecule has 2 nitrogen and oxygen atoms in total. The van der Waals surface area contributed by atoms with E-state index in [2.05, 4.69) is 0 Å². The van der Waals surface area contributed by atoms with Crippen molar-refractivity contribution in [3.8, 4) is 5.75 Å². The molecule has 0 heterocycles. The zero-order valence-corrected chi connectivity index (χ0v) is 11.3. The Morgan fingerprint density at radius 1 is 1.26 bits per heavy atom. The van der Waals surface area contributed by atoms with Gasteiger partial charge in [-0.15, -0.1) is 0 Å². The van der Waals surface area contributed by atoms with Crippen LogP contribution < -0.4 is 10.5 Å². The third-order valence-corrected chi connectivity index (χ3v) is 2.99. The zero-order chi connectivity index (χ0) is 13.8. The standard InChI is InChI=1S/C15H15ClFNO/c1-10(18)14-6-5-13(8-15(14)17)19-9-11-3-2-4-12(16)7-11/h2-8,10H,9,18H2,1H3/t10-/m0/s1. The third kappa shape index (κ3) is 3.69. The van der Waals surface area contributed by atoms with Crippen LogP contribution in [0.1, 0.15) is 24.1 Å². The molecule has 100 valence electrons. The van der Waals surface area contributed by atoms with Crippen LogP contribution in [0.25, 0.3) is 0 Å². The van der Waals surface area contributed by atoms with Crippen LogP contribution in [0, 0.1) is 5.82 Å². The molecule has 0 radical (unpaired) electrons. The fourth-order valence-electron chi connectivity index (χ4n) is 1.76. The molecule has 0 aliphatic carbocycles. The second-order valence-corrected chi connectivity index (χ2v) is 4.83. The Balaban J connectivity index is 2.06. The first-order chi connectivity index (χ1) is 9.06. The van der Waals surface area contributed by atoms with Crippen LogP contribution >= 0.6 is 11.6 Å². The van der Waals surface area contributed by atoms with E-state index >= 15 is 0 Å². The van der Waals surface area contributed by atoms with Crippen molar-refractivity contribution in [2.45, 2.75) is 19.6 Å². The van der Waals surface area contributed by atoms with Gasteiger partial charge in [-0.3, -0.25) is 0 Å². The molecule has 0 bridgehead atoms. The maximum Gasteiger partial charge on any atom is 0.131 e. The average molecular weight is 280 g/mol. The molecular weight excluding hydrogens is 265 g/mol. The van der Waals surface area contributed by atoms with Gasteiger partial charge in [0, 0.05) is 22.7 Å². The van der Waals surface area contributed by atoms with E-state index in [1.807, 2.05) is 18.2 Å². The highest BCUT2D eigenvalue weighted by molar-refractivity contribution is 6.30. The molecule has 2 rings (SSSR count). The van der Waals surface area contributed by atoms with E-state index in [1.54, 1.807) is 25.1 Å². The number of hydrogen-bond donors (Lipinski definition) is 1. The number of nitrogens with two attached hydrogens (primary N) is 1. The number of ether oxygens (including phenoxy) is 1. The van der Waals surface area contributed by atoms with E-state index in [4.69, 9.17) is 22.1 Å². The number of halogens is 2. The molecule has 0 saturated carbocycles. The molecule has 0 fully saturated rings. The lowest BCUT2D eigenvalue weighted by Crippen LogP contribution is -2.07. The van der Waals surface area contributed by atoms with Crippen molar-refractivity contribution < 1.29 is 9.13 Å². The smallest absolute Gasteiger partial charge is 0.131 e. The summed E-state index contributed by atoms with van der Waals surface area (Å²) < 4.78 is 19.2. The highest BCUT2D eigenvalue weighted by Gasteiger charge is 2.08. The Kier molecular flexibility index (Phi) is 4.40. The van der Waals surface area contributed by atoms with E-state index in [9.17, 15) is 4.39 Å². The van der Waals surface area contributed by atoms with Crippen LogP contribution in [-0.2, 0) is 6.61 Å². The molecule has 1 atom stereocenters. The van der Waals surface area contributed by atoms with Crippen molar-refractivity contribution in [3.63, 3.8) is 0 Å². The van der Waals surface area contributed by atoms with E-state index in [-0.39, 0.29) is 11.9 Å². The maximum atomic E-state index is 13.7. The van der Waals surface area contributed by atoms with Crippen LogP contribution in [0.2, 0.25) is 5.02 Å². The Labute approximate surface area is 117 Å².